The van der Waals surface area contributed by atoms with Crippen LogP contribution >= 0.6 is 0 Å². The highest BCUT2D eigenvalue weighted by Crippen LogP contribution is 2.36. The minimum atomic E-state index is -1.37. The summed E-state index contributed by atoms with van der Waals surface area (Å²) in [5, 5.41) is 0.332. The Labute approximate surface area is 76.9 Å². The van der Waals surface area contributed by atoms with Gasteiger partial charge in [0.25, 0.3) is 0 Å². The van der Waals surface area contributed by atoms with Crippen LogP contribution in [0.4, 0.5) is 0 Å². The fourth-order valence-electron chi connectivity index (χ4n) is 0.576. The van der Waals surface area contributed by atoms with Crippen molar-refractivity contribution in [2.24, 2.45) is 0 Å². The predicted octanol–water partition coefficient (Wildman–Crippen LogP) is 3.18. The zero-order chi connectivity index (χ0) is 9.99. The van der Waals surface area contributed by atoms with E-state index >= 15 is 0 Å². The second kappa shape index (κ2) is 3.56. The number of carbonyl (C=O) groups excluding carboxylic acids is 1. The summed E-state index contributed by atoms with van der Waals surface area (Å²) in [6.45, 7) is 12.9. The van der Waals surface area contributed by atoms with E-state index in [0.717, 1.165) is 0 Å². The summed E-state index contributed by atoms with van der Waals surface area (Å²) in [4.78, 5) is 10.8. The second-order valence-electron chi connectivity index (χ2n) is 4.92. The molecule has 0 N–H and O–H groups in total. The first-order valence-electron chi connectivity index (χ1n) is 4.36. The molecule has 0 aromatic rings. The van der Waals surface area contributed by atoms with Crippen LogP contribution in [0.1, 0.15) is 27.7 Å². The van der Waals surface area contributed by atoms with Crippen LogP contribution in [-0.2, 0) is 4.79 Å². The highest BCUT2D eigenvalue weighted by atomic mass is 28.3. The maximum absolute atomic E-state index is 10.8. The lowest BCUT2D eigenvalue weighted by molar-refractivity contribution is -0.112. The second-order valence-corrected chi connectivity index (χ2v) is 10.2. The molecule has 0 spiro atoms. The Hall–Kier alpha value is -0.373. The van der Waals surface area contributed by atoms with Gasteiger partial charge in [0, 0.05) is 0 Å². The Kier molecular flexibility index (Phi) is 3.45. The summed E-state index contributed by atoms with van der Waals surface area (Å²) in [5.74, 6) is 0.153. The van der Waals surface area contributed by atoms with Crippen LogP contribution in [0.25, 0.3) is 0 Å². The molecule has 70 valence electrons. The van der Waals surface area contributed by atoms with Crippen molar-refractivity contribution in [1.29, 1.82) is 0 Å². The molecule has 0 aromatic heterocycles. The number of hydrogen-bond donors (Lipinski definition) is 0. The van der Waals surface area contributed by atoms with Gasteiger partial charge in [-0.25, -0.2) is 0 Å². The molecule has 0 bridgehead atoms. The molecule has 0 aromatic carbocycles. The monoisotopic (exact) mass is 184 g/mol. The van der Waals surface area contributed by atoms with Crippen molar-refractivity contribution in [1.82, 2.24) is 0 Å². The van der Waals surface area contributed by atoms with Crippen LogP contribution in [0, 0.1) is 0 Å². The molecule has 0 saturated heterocycles. The Bertz CT molecular complexity index is 196. The van der Waals surface area contributed by atoms with Crippen LogP contribution in [0.3, 0.4) is 0 Å². The molecular formula is C10H20OSi. The van der Waals surface area contributed by atoms with Crippen molar-refractivity contribution in [3.8, 4) is 0 Å². The Balaban J connectivity index is 4.54. The van der Waals surface area contributed by atoms with Crippen molar-refractivity contribution >= 4 is 13.9 Å². The Morgan fingerprint density at radius 3 is 1.92 bits per heavy atom. The number of rotatable bonds is 2. The maximum atomic E-state index is 10.8. The lowest BCUT2D eigenvalue weighted by Gasteiger charge is -2.33. The van der Waals surface area contributed by atoms with E-state index in [1.807, 2.05) is 0 Å². The molecule has 0 fully saturated rings. The molecule has 0 heterocycles. The average molecular weight is 184 g/mol. The van der Waals surface area contributed by atoms with Crippen LogP contribution in [0.2, 0.25) is 18.1 Å². The first-order chi connectivity index (χ1) is 5.17. The molecule has 0 rings (SSSR count). The van der Waals surface area contributed by atoms with Crippen molar-refractivity contribution in [3.63, 3.8) is 0 Å². The van der Waals surface area contributed by atoms with E-state index in [4.69, 9.17) is 0 Å². The molecule has 0 amide bonds. The van der Waals surface area contributed by atoms with Crippen molar-refractivity contribution in [3.05, 3.63) is 11.8 Å². The van der Waals surface area contributed by atoms with E-state index < -0.39 is 8.07 Å². The quantitative estimate of drug-likeness (QED) is 0.476. The minimum Gasteiger partial charge on any atom is -0.295 e. The van der Waals surface area contributed by atoms with E-state index in [1.54, 1.807) is 13.0 Å². The van der Waals surface area contributed by atoms with Crippen LogP contribution in [0.5, 0.6) is 0 Å². The summed E-state index contributed by atoms with van der Waals surface area (Å²) in [6, 6.07) is 0. The van der Waals surface area contributed by atoms with Gasteiger partial charge in [-0.15, -0.1) is 0 Å². The number of allylic oxidation sites excluding steroid dienone is 1. The first kappa shape index (κ1) is 11.6. The van der Waals surface area contributed by atoms with Gasteiger partial charge in [-0.3, -0.25) is 4.79 Å². The Morgan fingerprint density at radius 1 is 1.25 bits per heavy atom. The summed E-state index contributed by atoms with van der Waals surface area (Å²) in [5.41, 5.74) is 2.13. The molecule has 0 aliphatic heterocycles. The molecule has 0 atom stereocenters. The number of hydrogen-bond acceptors (Lipinski definition) is 1. The van der Waals surface area contributed by atoms with E-state index in [0.29, 0.717) is 5.04 Å². The molecule has 0 unspecified atom stereocenters. The minimum absolute atomic E-state index is 0.153. The average Bonchev–Trinajstić information content (AvgIpc) is 1.81. The SMILES string of the molecule is CC(=O)/C=C/[Si](C)(C)C(C)(C)C. The van der Waals surface area contributed by atoms with Gasteiger partial charge in [-0.1, -0.05) is 39.6 Å². The third kappa shape index (κ3) is 3.35. The van der Waals surface area contributed by atoms with Gasteiger partial charge in [0.2, 0.25) is 0 Å². The number of ketones is 1. The van der Waals surface area contributed by atoms with Crippen LogP contribution in [-0.4, -0.2) is 13.9 Å². The lowest BCUT2D eigenvalue weighted by Crippen LogP contribution is -2.35. The number of carbonyl (C=O) groups is 1. The predicted molar refractivity (Wildman–Crippen MR) is 57.0 cm³/mol. The normalized spacial score (nSPS) is 13.8. The highest BCUT2D eigenvalue weighted by molar-refractivity contribution is 6.84. The molecule has 0 radical (unpaired) electrons. The zero-order valence-corrected chi connectivity index (χ0v) is 10.1. The molecule has 0 saturated carbocycles. The Morgan fingerprint density at radius 2 is 1.67 bits per heavy atom. The molecular weight excluding hydrogens is 164 g/mol. The van der Waals surface area contributed by atoms with Crippen molar-refractivity contribution in [2.45, 2.75) is 45.8 Å². The van der Waals surface area contributed by atoms with Crippen LogP contribution in [0.15, 0.2) is 11.8 Å². The van der Waals surface area contributed by atoms with E-state index in [2.05, 4.69) is 39.6 Å². The fourth-order valence-corrected chi connectivity index (χ4v) is 1.73. The van der Waals surface area contributed by atoms with Gasteiger partial charge in [0.15, 0.2) is 5.78 Å². The topological polar surface area (TPSA) is 17.1 Å². The molecule has 0 aliphatic rings. The summed E-state index contributed by atoms with van der Waals surface area (Å²) in [7, 11) is -1.37. The van der Waals surface area contributed by atoms with E-state index in [-0.39, 0.29) is 5.78 Å². The highest BCUT2D eigenvalue weighted by Gasteiger charge is 2.32. The molecule has 2 heteroatoms. The first-order valence-corrected chi connectivity index (χ1v) is 7.44. The zero-order valence-electron chi connectivity index (χ0n) is 9.06. The van der Waals surface area contributed by atoms with Gasteiger partial charge in [-0.2, -0.15) is 0 Å². The van der Waals surface area contributed by atoms with E-state index in [1.165, 1.54) is 0 Å². The maximum Gasteiger partial charge on any atom is 0.151 e. The fraction of sp³-hybridized carbons (Fsp3) is 0.700. The van der Waals surface area contributed by atoms with Crippen molar-refractivity contribution in [2.75, 3.05) is 0 Å². The van der Waals surface area contributed by atoms with Gasteiger partial charge in [0.05, 0.1) is 8.07 Å². The lowest BCUT2D eigenvalue weighted by atomic mass is 10.2. The summed E-state index contributed by atoms with van der Waals surface area (Å²) >= 11 is 0. The van der Waals surface area contributed by atoms with E-state index in [9.17, 15) is 4.79 Å². The molecule has 12 heavy (non-hydrogen) atoms. The summed E-state index contributed by atoms with van der Waals surface area (Å²) in [6.07, 6.45) is 1.72. The largest absolute Gasteiger partial charge is 0.295 e. The molecule has 1 nitrogen and oxygen atoms in total. The van der Waals surface area contributed by atoms with Gasteiger partial charge in [-0.05, 0) is 18.0 Å². The van der Waals surface area contributed by atoms with Crippen LogP contribution < -0.4 is 0 Å². The van der Waals surface area contributed by atoms with Gasteiger partial charge >= 0.3 is 0 Å². The third-order valence-corrected chi connectivity index (χ3v) is 7.53. The van der Waals surface area contributed by atoms with Crippen molar-refractivity contribution < 1.29 is 4.79 Å². The van der Waals surface area contributed by atoms with Gasteiger partial charge in [0.1, 0.15) is 0 Å². The van der Waals surface area contributed by atoms with Gasteiger partial charge < -0.3 is 0 Å². The standard InChI is InChI=1S/C10H20OSi/c1-9(11)7-8-12(5,6)10(2,3)4/h7-8H,1-6H3/b8-7+. The molecule has 0 aliphatic carbocycles. The summed E-state index contributed by atoms with van der Waals surface area (Å²) < 4.78 is 0. The third-order valence-electron chi connectivity index (χ3n) is 2.67. The smallest absolute Gasteiger partial charge is 0.151 e.